The summed E-state index contributed by atoms with van der Waals surface area (Å²) in [7, 11) is 0. The molecule has 1 aromatic carbocycles. The minimum atomic E-state index is 0.716. The molecule has 0 amide bonds. The summed E-state index contributed by atoms with van der Waals surface area (Å²) in [6, 6.07) is 9.53. The molecule has 16 heavy (non-hydrogen) atoms. The van der Waals surface area contributed by atoms with Crippen molar-refractivity contribution in [2.24, 2.45) is 0 Å². The quantitative estimate of drug-likeness (QED) is 0.642. The van der Waals surface area contributed by atoms with E-state index in [4.69, 9.17) is 11.6 Å². The molecule has 0 radical (unpaired) electrons. The predicted molar refractivity (Wildman–Crippen MR) is 63.4 cm³/mol. The van der Waals surface area contributed by atoms with Crippen molar-refractivity contribution in [3.63, 3.8) is 0 Å². The first kappa shape index (κ1) is 9.36. The van der Waals surface area contributed by atoms with Gasteiger partial charge >= 0.3 is 0 Å². The topological polar surface area (TPSA) is 30.2 Å². The summed E-state index contributed by atoms with van der Waals surface area (Å²) in [5.74, 6) is 0. The normalized spacial score (nSPS) is 10.8. The Labute approximate surface area is 97.3 Å². The molecule has 0 unspecified atom stereocenters. The molecule has 0 aliphatic heterocycles. The van der Waals surface area contributed by atoms with Crippen molar-refractivity contribution >= 4 is 17.2 Å². The van der Waals surface area contributed by atoms with Gasteiger partial charge in [-0.2, -0.15) is 5.10 Å². The molecule has 0 aliphatic rings. The molecule has 0 saturated heterocycles. The average molecular weight is 230 g/mol. The Bertz CT molecular complexity index is 645. The lowest BCUT2D eigenvalue weighted by atomic mass is 10.1. The highest BCUT2D eigenvalue weighted by atomic mass is 35.5. The van der Waals surface area contributed by atoms with Crippen LogP contribution in [0.2, 0.25) is 5.02 Å². The van der Waals surface area contributed by atoms with Gasteiger partial charge < -0.3 is 0 Å². The Morgan fingerprint density at radius 1 is 1.19 bits per heavy atom. The van der Waals surface area contributed by atoms with Gasteiger partial charge in [-0.25, -0.2) is 9.50 Å². The van der Waals surface area contributed by atoms with Crippen molar-refractivity contribution < 1.29 is 0 Å². The molecular formula is C12H8ClN3. The molecule has 2 heterocycles. The summed E-state index contributed by atoms with van der Waals surface area (Å²) in [4.78, 5) is 4.30. The van der Waals surface area contributed by atoms with Gasteiger partial charge in [-0.3, -0.25) is 0 Å². The lowest BCUT2D eigenvalue weighted by Gasteiger charge is -1.98. The van der Waals surface area contributed by atoms with E-state index in [-0.39, 0.29) is 0 Å². The van der Waals surface area contributed by atoms with Crippen LogP contribution in [0.4, 0.5) is 0 Å². The monoisotopic (exact) mass is 229 g/mol. The van der Waals surface area contributed by atoms with Crippen molar-refractivity contribution in [1.82, 2.24) is 14.6 Å². The lowest BCUT2D eigenvalue weighted by Crippen LogP contribution is -1.87. The van der Waals surface area contributed by atoms with Gasteiger partial charge in [0, 0.05) is 23.0 Å². The van der Waals surface area contributed by atoms with Crippen LogP contribution < -0.4 is 0 Å². The SMILES string of the molecule is Clc1cccc(-c2cnn3cccnc23)c1. The molecule has 2 aromatic heterocycles. The molecule has 3 aromatic rings. The molecule has 0 atom stereocenters. The summed E-state index contributed by atoms with van der Waals surface area (Å²) >= 11 is 5.97. The van der Waals surface area contributed by atoms with Crippen molar-refractivity contribution in [2.45, 2.75) is 0 Å². The maximum Gasteiger partial charge on any atom is 0.162 e. The minimum absolute atomic E-state index is 0.716. The molecule has 78 valence electrons. The molecule has 0 bridgehead atoms. The lowest BCUT2D eigenvalue weighted by molar-refractivity contribution is 0.939. The first-order chi connectivity index (χ1) is 7.84. The second kappa shape index (κ2) is 3.61. The zero-order valence-corrected chi connectivity index (χ0v) is 9.09. The third-order valence-electron chi connectivity index (χ3n) is 2.41. The number of aromatic nitrogens is 3. The first-order valence-corrected chi connectivity index (χ1v) is 5.27. The van der Waals surface area contributed by atoms with Crippen LogP contribution in [0.25, 0.3) is 16.8 Å². The molecule has 3 nitrogen and oxygen atoms in total. The molecule has 3 rings (SSSR count). The largest absolute Gasteiger partial charge is 0.236 e. The zero-order chi connectivity index (χ0) is 11.0. The van der Waals surface area contributed by atoms with E-state index in [9.17, 15) is 0 Å². The highest BCUT2D eigenvalue weighted by Crippen LogP contribution is 2.25. The summed E-state index contributed by atoms with van der Waals surface area (Å²) in [5.41, 5.74) is 2.86. The average Bonchev–Trinajstić information content (AvgIpc) is 2.72. The second-order valence-electron chi connectivity index (χ2n) is 3.46. The second-order valence-corrected chi connectivity index (χ2v) is 3.89. The maximum atomic E-state index is 5.97. The van der Waals surface area contributed by atoms with E-state index < -0.39 is 0 Å². The maximum absolute atomic E-state index is 5.97. The van der Waals surface area contributed by atoms with Crippen LogP contribution in [-0.2, 0) is 0 Å². The fraction of sp³-hybridized carbons (Fsp3) is 0. The molecule has 0 N–H and O–H groups in total. The van der Waals surface area contributed by atoms with E-state index in [0.29, 0.717) is 5.02 Å². The number of rotatable bonds is 1. The van der Waals surface area contributed by atoms with E-state index in [1.54, 1.807) is 16.9 Å². The van der Waals surface area contributed by atoms with Gasteiger partial charge in [-0.15, -0.1) is 0 Å². The van der Waals surface area contributed by atoms with Gasteiger partial charge in [-0.05, 0) is 23.8 Å². The Hall–Kier alpha value is -1.87. The van der Waals surface area contributed by atoms with Gasteiger partial charge in [0.1, 0.15) is 0 Å². The number of nitrogens with zero attached hydrogens (tertiary/aromatic N) is 3. The third kappa shape index (κ3) is 1.46. The van der Waals surface area contributed by atoms with Crippen molar-refractivity contribution in [3.05, 3.63) is 53.9 Å². The van der Waals surface area contributed by atoms with Gasteiger partial charge in [-0.1, -0.05) is 23.7 Å². The zero-order valence-electron chi connectivity index (χ0n) is 8.34. The third-order valence-corrected chi connectivity index (χ3v) is 2.65. The number of halogens is 1. The smallest absolute Gasteiger partial charge is 0.162 e. The highest BCUT2D eigenvalue weighted by Gasteiger charge is 2.06. The number of benzene rings is 1. The van der Waals surface area contributed by atoms with Crippen LogP contribution in [0.3, 0.4) is 0 Å². The Balaban J connectivity index is 2.26. The van der Waals surface area contributed by atoms with Crippen LogP contribution in [0.1, 0.15) is 0 Å². The molecule has 0 spiro atoms. The van der Waals surface area contributed by atoms with E-state index in [0.717, 1.165) is 16.8 Å². The van der Waals surface area contributed by atoms with E-state index in [2.05, 4.69) is 10.1 Å². The number of fused-ring (bicyclic) bond motifs is 1. The van der Waals surface area contributed by atoms with Crippen LogP contribution in [0.15, 0.2) is 48.9 Å². The summed E-state index contributed by atoms with van der Waals surface area (Å²) in [6.45, 7) is 0. The molecule has 4 heteroatoms. The summed E-state index contributed by atoms with van der Waals surface area (Å²) < 4.78 is 1.75. The fourth-order valence-corrected chi connectivity index (χ4v) is 1.88. The van der Waals surface area contributed by atoms with Crippen LogP contribution in [0.5, 0.6) is 0 Å². The molecule has 0 saturated carbocycles. The number of hydrogen-bond acceptors (Lipinski definition) is 2. The van der Waals surface area contributed by atoms with Crippen LogP contribution in [-0.4, -0.2) is 14.6 Å². The Morgan fingerprint density at radius 2 is 2.12 bits per heavy atom. The summed E-state index contributed by atoms with van der Waals surface area (Å²) in [5, 5.41) is 4.95. The van der Waals surface area contributed by atoms with Gasteiger partial charge in [0.2, 0.25) is 0 Å². The van der Waals surface area contributed by atoms with Crippen molar-refractivity contribution in [1.29, 1.82) is 0 Å². The minimum Gasteiger partial charge on any atom is -0.236 e. The van der Waals surface area contributed by atoms with E-state index >= 15 is 0 Å². The van der Waals surface area contributed by atoms with Crippen LogP contribution in [0, 0.1) is 0 Å². The molecule has 0 aliphatic carbocycles. The Morgan fingerprint density at radius 3 is 3.00 bits per heavy atom. The van der Waals surface area contributed by atoms with Gasteiger partial charge in [0.25, 0.3) is 0 Å². The highest BCUT2D eigenvalue weighted by molar-refractivity contribution is 6.30. The van der Waals surface area contributed by atoms with E-state index in [1.807, 2.05) is 36.5 Å². The van der Waals surface area contributed by atoms with E-state index in [1.165, 1.54) is 0 Å². The van der Waals surface area contributed by atoms with Crippen molar-refractivity contribution in [2.75, 3.05) is 0 Å². The summed E-state index contributed by atoms with van der Waals surface area (Å²) in [6.07, 6.45) is 5.43. The van der Waals surface area contributed by atoms with Crippen molar-refractivity contribution in [3.8, 4) is 11.1 Å². The van der Waals surface area contributed by atoms with Gasteiger partial charge in [0.15, 0.2) is 5.65 Å². The van der Waals surface area contributed by atoms with Gasteiger partial charge in [0.05, 0.1) is 6.20 Å². The first-order valence-electron chi connectivity index (χ1n) is 4.89. The molecular weight excluding hydrogens is 222 g/mol. The Kier molecular flexibility index (Phi) is 2.11. The standard InChI is InChI=1S/C12H8ClN3/c13-10-4-1-3-9(7-10)11-8-15-16-6-2-5-14-12(11)16/h1-8H. The number of hydrogen-bond donors (Lipinski definition) is 0. The fourth-order valence-electron chi connectivity index (χ4n) is 1.69. The molecule has 0 fully saturated rings. The predicted octanol–water partition coefficient (Wildman–Crippen LogP) is 3.05. The van der Waals surface area contributed by atoms with Crippen LogP contribution >= 0.6 is 11.6 Å².